The van der Waals surface area contributed by atoms with Crippen LogP contribution in [0.15, 0.2) is 22.0 Å². The molecule has 2 rings (SSSR count). The van der Waals surface area contributed by atoms with E-state index in [4.69, 9.17) is 0 Å². The highest BCUT2D eigenvalue weighted by atomic mass is 127. The van der Waals surface area contributed by atoms with E-state index in [0.29, 0.717) is 12.5 Å². The largest absolute Gasteiger partial charge is 0.313 e. The fraction of sp³-hybridized carbons (Fsp3) is 0.545. The van der Waals surface area contributed by atoms with Gasteiger partial charge in [-0.25, -0.2) is 8.42 Å². The predicted octanol–water partition coefficient (Wildman–Crippen LogP) is 1.66. The molecule has 0 radical (unpaired) electrons. The average molecular weight is 367 g/mol. The van der Waals surface area contributed by atoms with Crippen molar-refractivity contribution in [2.45, 2.75) is 31.2 Å². The lowest BCUT2D eigenvalue weighted by atomic mass is 10.4. The Morgan fingerprint density at radius 3 is 2.65 bits per heavy atom. The number of halogens is 1. The molecule has 6 heteroatoms. The van der Waals surface area contributed by atoms with E-state index in [-0.39, 0.29) is 16.2 Å². The maximum Gasteiger partial charge on any atom is 0.269 e. The van der Waals surface area contributed by atoms with E-state index < -0.39 is 9.84 Å². The number of aromatic nitrogens is 1. The lowest BCUT2D eigenvalue weighted by Crippen LogP contribution is -2.27. The highest BCUT2D eigenvalue weighted by molar-refractivity contribution is 14.1. The van der Waals surface area contributed by atoms with Crippen molar-refractivity contribution in [3.63, 3.8) is 0 Å². The van der Waals surface area contributed by atoms with E-state index in [1.807, 2.05) is 22.6 Å². The molecule has 0 spiro atoms. The van der Waals surface area contributed by atoms with Crippen LogP contribution in [0.25, 0.3) is 0 Å². The van der Waals surface area contributed by atoms with Crippen LogP contribution >= 0.6 is 22.6 Å². The second kappa shape index (κ2) is 4.72. The molecule has 0 bridgehead atoms. The zero-order valence-corrected chi connectivity index (χ0v) is 12.5. The van der Waals surface area contributed by atoms with Gasteiger partial charge < -0.3 is 4.57 Å². The fourth-order valence-electron chi connectivity index (χ4n) is 1.67. The van der Waals surface area contributed by atoms with Crippen LogP contribution in [-0.2, 0) is 16.4 Å². The van der Waals surface area contributed by atoms with Crippen LogP contribution < -0.4 is 5.56 Å². The van der Waals surface area contributed by atoms with Gasteiger partial charge in [0.25, 0.3) is 5.56 Å². The summed E-state index contributed by atoms with van der Waals surface area (Å²) in [4.78, 5) is 12.0. The van der Waals surface area contributed by atoms with Gasteiger partial charge in [0.2, 0.25) is 0 Å². The van der Waals surface area contributed by atoms with Gasteiger partial charge in [0, 0.05) is 16.3 Å². The molecule has 1 aliphatic carbocycles. The molecule has 0 saturated heterocycles. The number of hydrogen-bond acceptors (Lipinski definition) is 3. The lowest BCUT2D eigenvalue weighted by Gasteiger charge is -2.08. The zero-order valence-electron chi connectivity index (χ0n) is 9.52. The molecule has 0 atom stereocenters. The lowest BCUT2D eigenvalue weighted by molar-refractivity contribution is 0.577. The second-order valence-corrected chi connectivity index (χ2v) is 7.82. The molecule has 94 valence electrons. The number of pyridine rings is 1. The topological polar surface area (TPSA) is 56.1 Å². The summed E-state index contributed by atoms with van der Waals surface area (Å²) in [6, 6.07) is 1.46. The summed E-state index contributed by atoms with van der Waals surface area (Å²) in [6.07, 6.45) is 4.00. The van der Waals surface area contributed by atoms with Crippen LogP contribution in [0.4, 0.5) is 0 Å². The van der Waals surface area contributed by atoms with E-state index >= 15 is 0 Å². The SMILES string of the molecule is CCS(=O)(=O)c1cc(I)cn(CC2CC2)c1=O. The minimum atomic E-state index is -3.43. The molecular formula is C11H14INO3S. The van der Waals surface area contributed by atoms with E-state index in [1.165, 1.54) is 6.07 Å². The van der Waals surface area contributed by atoms with Gasteiger partial charge in [-0.3, -0.25) is 4.79 Å². The Labute approximate surface area is 114 Å². The Balaban J connectivity index is 2.52. The fourth-order valence-corrected chi connectivity index (χ4v) is 3.53. The molecule has 0 N–H and O–H groups in total. The molecule has 0 aliphatic heterocycles. The molecule has 0 amide bonds. The molecule has 1 fully saturated rings. The van der Waals surface area contributed by atoms with Crippen molar-refractivity contribution < 1.29 is 8.42 Å². The summed E-state index contributed by atoms with van der Waals surface area (Å²) in [5.74, 6) is 0.509. The molecule has 4 nitrogen and oxygen atoms in total. The molecule has 1 aromatic rings. The van der Waals surface area contributed by atoms with Crippen molar-refractivity contribution in [1.82, 2.24) is 4.57 Å². The van der Waals surface area contributed by atoms with Crippen molar-refractivity contribution in [3.05, 3.63) is 26.2 Å². The Morgan fingerprint density at radius 2 is 2.12 bits per heavy atom. The Morgan fingerprint density at radius 1 is 1.47 bits per heavy atom. The van der Waals surface area contributed by atoms with Crippen LogP contribution in [0, 0.1) is 9.49 Å². The average Bonchev–Trinajstić information content (AvgIpc) is 3.06. The van der Waals surface area contributed by atoms with Crippen molar-refractivity contribution in [1.29, 1.82) is 0 Å². The van der Waals surface area contributed by atoms with Gasteiger partial charge in [-0.2, -0.15) is 0 Å². The van der Waals surface area contributed by atoms with Crippen molar-refractivity contribution in [2.24, 2.45) is 5.92 Å². The first kappa shape index (κ1) is 13.1. The molecule has 1 saturated carbocycles. The monoisotopic (exact) mass is 367 g/mol. The van der Waals surface area contributed by atoms with Crippen LogP contribution in [0.2, 0.25) is 0 Å². The third-order valence-electron chi connectivity index (χ3n) is 2.89. The molecule has 1 aromatic heterocycles. The summed E-state index contributed by atoms with van der Waals surface area (Å²) in [7, 11) is -3.43. The summed E-state index contributed by atoms with van der Waals surface area (Å²) in [6.45, 7) is 2.20. The van der Waals surface area contributed by atoms with Gasteiger partial charge in [0.1, 0.15) is 4.90 Å². The van der Waals surface area contributed by atoms with Gasteiger partial charge in [-0.05, 0) is 47.4 Å². The normalized spacial score (nSPS) is 16.1. The van der Waals surface area contributed by atoms with E-state index in [9.17, 15) is 13.2 Å². The summed E-state index contributed by atoms with van der Waals surface area (Å²) >= 11 is 2.05. The maximum absolute atomic E-state index is 12.1. The van der Waals surface area contributed by atoms with E-state index in [0.717, 1.165) is 16.4 Å². The summed E-state index contributed by atoms with van der Waals surface area (Å²) < 4.78 is 26.0. The Bertz CT molecular complexity index is 587. The van der Waals surface area contributed by atoms with Crippen molar-refractivity contribution >= 4 is 32.4 Å². The molecule has 0 unspecified atom stereocenters. The zero-order chi connectivity index (χ0) is 12.6. The molecule has 17 heavy (non-hydrogen) atoms. The van der Waals surface area contributed by atoms with Crippen LogP contribution in [-0.4, -0.2) is 18.7 Å². The number of hydrogen-bond donors (Lipinski definition) is 0. The molecular weight excluding hydrogens is 353 g/mol. The van der Waals surface area contributed by atoms with Gasteiger partial charge >= 0.3 is 0 Å². The number of nitrogens with zero attached hydrogens (tertiary/aromatic N) is 1. The van der Waals surface area contributed by atoms with Gasteiger partial charge in [-0.1, -0.05) is 6.92 Å². The highest BCUT2D eigenvalue weighted by Gasteiger charge is 2.24. The Hall–Kier alpha value is -0.370. The minimum Gasteiger partial charge on any atom is -0.313 e. The van der Waals surface area contributed by atoms with Crippen LogP contribution in [0.1, 0.15) is 19.8 Å². The Kier molecular flexibility index (Phi) is 3.63. The van der Waals surface area contributed by atoms with Gasteiger partial charge in [0.05, 0.1) is 5.75 Å². The smallest absolute Gasteiger partial charge is 0.269 e. The maximum atomic E-state index is 12.1. The quantitative estimate of drug-likeness (QED) is 0.761. The minimum absolute atomic E-state index is 0.0360. The van der Waals surface area contributed by atoms with E-state index in [2.05, 4.69) is 0 Å². The highest BCUT2D eigenvalue weighted by Crippen LogP contribution is 2.30. The summed E-state index contributed by atoms with van der Waals surface area (Å²) in [5, 5.41) is 0. The first-order valence-electron chi connectivity index (χ1n) is 5.57. The third kappa shape index (κ3) is 2.90. The van der Waals surface area contributed by atoms with Crippen molar-refractivity contribution in [2.75, 3.05) is 5.75 Å². The molecule has 0 aromatic carbocycles. The first-order chi connectivity index (χ1) is 7.94. The standard InChI is InChI=1S/C11H14INO3S/c1-2-17(15,16)10-5-9(12)7-13(11(10)14)6-8-3-4-8/h5,7-8H,2-4,6H2,1H3. The van der Waals surface area contributed by atoms with Gasteiger partial charge in [-0.15, -0.1) is 0 Å². The second-order valence-electron chi connectivity index (χ2n) is 4.33. The first-order valence-corrected chi connectivity index (χ1v) is 8.30. The molecule has 1 aliphatic rings. The van der Waals surface area contributed by atoms with Gasteiger partial charge in [0.15, 0.2) is 9.84 Å². The number of sulfone groups is 1. The van der Waals surface area contributed by atoms with Crippen LogP contribution in [0.5, 0.6) is 0 Å². The third-order valence-corrected chi connectivity index (χ3v) is 5.20. The molecule has 1 heterocycles. The van der Waals surface area contributed by atoms with Crippen LogP contribution in [0.3, 0.4) is 0 Å². The predicted molar refractivity (Wildman–Crippen MR) is 73.9 cm³/mol. The summed E-state index contributed by atoms with van der Waals surface area (Å²) in [5.41, 5.74) is -0.376. The van der Waals surface area contributed by atoms with E-state index in [1.54, 1.807) is 17.7 Å². The number of rotatable bonds is 4. The van der Waals surface area contributed by atoms with Crippen molar-refractivity contribution in [3.8, 4) is 0 Å².